The second kappa shape index (κ2) is 7.97. The summed E-state index contributed by atoms with van der Waals surface area (Å²) >= 11 is 0. The highest BCUT2D eigenvalue weighted by Gasteiger charge is 2.28. The van der Waals surface area contributed by atoms with Crippen LogP contribution < -0.4 is 11.2 Å². The number of carbonyl (C=O) groups excluding carboxylic acids is 1. The third kappa shape index (κ3) is 3.64. The molecule has 0 unspecified atom stereocenters. The Hall–Kier alpha value is -2.08. The lowest BCUT2D eigenvalue weighted by Gasteiger charge is -2.14. The number of benzene rings is 2. The van der Waals surface area contributed by atoms with Crippen molar-refractivity contribution >= 4 is 18.5 Å². The van der Waals surface area contributed by atoms with Crippen molar-refractivity contribution in [1.29, 1.82) is 0 Å². The van der Waals surface area contributed by atoms with E-state index in [0.717, 1.165) is 0 Å². The number of carbonyl (C=O) groups is 1. The molecular weight excluding hydrogens is 316 g/mol. The maximum absolute atomic E-state index is 11.6. The first-order chi connectivity index (χ1) is 10.8. The fourth-order valence-electron chi connectivity index (χ4n) is 2.80. The first kappa shape index (κ1) is 17.3. The smallest absolute Gasteiger partial charge is 0.431 e. The molecule has 1 amide bonds. The van der Waals surface area contributed by atoms with Gasteiger partial charge >= 0.3 is 6.09 Å². The van der Waals surface area contributed by atoms with Crippen LogP contribution in [0.4, 0.5) is 4.79 Å². The minimum absolute atomic E-state index is 0. The number of halogens is 1. The summed E-state index contributed by atoms with van der Waals surface area (Å²) in [5.74, 6) is 0.0488. The summed E-state index contributed by atoms with van der Waals surface area (Å²) in [6, 6.07) is 16.4. The van der Waals surface area contributed by atoms with Gasteiger partial charge in [0.25, 0.3) is 0 Å². The molecular formula is C17H19ClN2O3. The number of hydrogen-bond donors (Lipinski definition) is 2. The normalized spacial score (nSPS) is 12.0. The summed E-state index contributed by atoms with van der Waals surface area (Å²) in [6.07, 6.45) is -0.602. The van der Waals surface area contributed by atoms with Crippen molar-refractivity contribution in [3.8, 4) is 11.1 Å². The second-order valence-corrected chi connectivity index (χ2v) is 5.06. The van der Waals surface area contributed by atoms with Crippen molar-refractivity contribution in [3.63, 3.8) is 0 Å². The fourth-order valence-corrected chi connectivity index (χ4v) is 2.80. The standard InChI is InChI=1S/C17H18N2O3.ClH/c18-9-10-22-19-17(20)21-11-16-14-7-3-1-5-12(14)13-6-2-4-8-15(13)16;/h1-8,16H,9-11,18H2,(H,19,20);1H. The molecule has 23 heavy (non-hydrogen) atoms. The number of amides is 1. The van der Waals surface area contributed by atoms with E-state index in [1.165, 1.54) is 22.3 Å². The van der Waals surface area contributed by atoms with E-state index in [1.807, 2.05) is 24.3 Å². The number of hydrogen-bond acceptors (Lipinski definition) is 4. The first-order valence-electron chi connectivity index (χ1n) is 7.24. The molecule has 3 N–H and O–H groups in total. The minimum Gasteiger partial charge on any atom is -0.447 e. The monoisotopic (exact) mass is 334 g/mol. The van der Waals surface area contributed by atoms with E-state index in [4.69, 9.17) is 15.3 Å². The van der Waals surface area contributed by atoms with Gasteiger partial charge in [0.15, 0.2) is 0 Å². The van der Waals surface area contributed by atoms with Crippen LogP contribution in [0.5, 0.6) is 0 Å². The predicted octanol–water partition coefficient (Wildman–Crippen LogP) is 2.84. The van der Waals surface area contributed by atoms with Gasteiger partial charge in [0, 0.05) is 12.5 Å². The van der Waals surface area contributed by atoms with Gasteiger partial charge in [0.05, 0.1) is 6.61 Å². The van der Waals surface area contributed by atoms with Crippen molar-refractivity contribution in [1.82, 2.24) is 5.48 Å². The molecule has 0 radical (unpaired) electrons. The van der Waals surface area contributed by atoms with Crippen LogP contribution in [-0.4, -0.2) is 25.9 Å². The van der Waals surface area contributed by atoms with Crippen LogP contribution in [0.15, 0.2) is 48.5 Å². The Morgan fingerprint density at radius 2 is 1.61 bits per heavy atom. The zero-order chi connectivity index (χ0) is 15.4. The van der Waals surface area contributed by atoms with Gasteiger partial charge in [-0.15, -0.1) is 12.4 Å². The first-order valence-corrected chi connectivity index (χ1v) is 7.24. The van der Waals surface area contributed by atoms with Gasteiger partial charge in [0.2, 0.25) is 0 Å². The van der Waals surface area contributed by atoms with E-state index in [2.05, 4.69) is 29.7 Å². The van der Waals surface area contributed by atoms with Crippen LogP contribution in [0.25, 0.3) is 11.1 Å². The second-order valence-electron chi connectivity index (χ2n) is 5.06. The maximum Gasteiger partial charge on any atom is 0.431 e. The Morgan fingerprint density at radius 1 is 1.04 bits per heavy atom. The quantitative estimate of drug-likeness (QED) is 0.651. The highest BCUT2D eigenvalue weighted by molar-refractivity contribution is 5.85. The van der Waals surface area contributed by atoms with Crippen molar-refractivity contribution in [2.75, 3.05) is 19.8 Å². The molecule has 0 saturated heterocycles. The summed E-state index contributed by atoms with van der Waals surface area (Å²) in [5, 5.41) is 0. The zero-order valence-electron chi connectivity index (χ0n) is 12.5. The Morgan fingerprint density at radius 3 is 2.17 bits per heavy atom. The van der Waals surface area contributed by atoms with Crippen molar-refractivity contribution in [2.24, 2.45) is 5.73 Å². The topological polar surface area (TPSA) is 73.6 Å². The molecule has 5 nitrogen and oxygen atoms in total. The zero-order valence-corrected chi connectivity index (χ0v) is 13.3. The number of nitrogens with two attached hydrogens (primary N) is 1. The van der Waals surface area contributed by atoms with Crippen LogP contribution in [0.1, 0.15) is 17.0 Å². The number of hydroxylamine groups is 1. The van der Waals surface area contributed by atoms with Crippen molar-refractivity contribution < 1.29 is 14.4 Å². The number of nitrogens with one attached hydrogen (secondary N) is 1. The Bertz CT molecular complexity index is 633. The van der Waals surface area contributed by atoms with E-state index in [-0.39, 0.29) is 31.5 Å². The number of rotatable bonds is 5. The van der Waals surface area contributed by atoms with Crippen LogP contribution in [0.2, 0.25) is 0 Å². The molecule has 122 valence electrons. The molecule has 0 heterocycles. The van der Waals surface area contributed by atoms with Crippen molar-refractivity contribution in [2.45, 2.75) is 5.92 Å². The SMILES string of the molecule is Cl.NCCONC(=O)OCC1c2ccccc2-c2ccccc21. The molecule has 3 rings (SSSR count). The summed E-state index contributed by atoms with van der Waals surface area (Å²) < 4.78 is 5.27. The average molecular weight is 335 g/mol. The summed E-state index contributed by atoms with van der Waals surface area (Å²) in [4.78, 5) is 16.4. The maximum atomic E-state index is 11.6. The van der Waals surface area contributed by atoms with Gasteiger partial charge in [-0.2, -0.15) is 5.48 Å². The Balaban J connectivity index is 0.00000192. The molecule has 6 heteroatoms. The predicted molar refractivity (Wildman–Crippen MR) is 90.5 cm³/mol. The van der Waals surface area contributed by atoms with Gasteiger partial charge in [-0.25, -0.2) is 4.79 Å². The molecule has 0 bridgehead atoms. The Labute approximate surface area is 141 Å². The summed E-state index contributed by atoms with van der Waals surface area (Å²) in [7, 11) is 0. The van der Waals surface area contributed by atoms with Gasteiger partial charge < -0.3 is 10.5 Å². The number of ether oxygens (including phenoxy) is 1. The number of fused-ring (bicyclic) bond motifs is 3. The van der Waals surface area contributed by atoms with E-state index in [0.29, 0.717) is 6.54 Å². The summed E-state index contributed by atoms with van der Waals surface area (Å²) in [5.41, 5.74) is 12.3. The minimum atomic E-state index is -0.602. The Kier molecular flexibility index (Phi) is 5.98. The molecule has 1 aliphatic rings. The lowest BCUT2D eigenvalue weighted by molar-refractivity contribution is 0.0309. The molecule has 0 spiro atoms. The van der Waals surface area contributed by atoms with Gasteiger partial charge in [-0.1, -0.05) is 48.5 Å². The van der Waals surface area contributed by atoms with Crippen LogP contribution in [0, 0.1) is 0 Å². The highest BCUT2D eigenvalue weighted by Crippen LogP contribution is 2.44. The molecule has 0 aliphatic heterocycles. The van der Waals surface area contributed by atoms with E-state index in [1.54, 1.807) is 0 Å². The van der Waals surface area contributed by atoms with E-state index < -0.39 is 6.09 Å². The largest absolute Gasteiger partial charge is 0.447 e. The lowest BCUT2D eigenvalue weighted by Crippen LogP contribution is -2.28. The third-order valence-corrected chi connectivity index (χ3v) is 3.72. The molecule has 2 aromatic carbocycles. The van der Waals surface area contributed by atoms with Crippen molar-refractivity contribution in [3.05, 3.63) is 59.7 Å². The van der Waals surface area contributed by atoms with Crippen LogP contribution in [0.3, 0.4) is 0 Å². The highest BCUT2D eigenvalue weighted by atomic mass is 35.5. The fraction of sp³-hybridized carbons (Fsp3) is 0.235. The molecule has 0 atom stereocenters. The van der Waals surface area contributed by atoms with E-state index in [9.17, 15) is 4.79 Å². The molecule has 0 saturated carbocycles. The molecule has 1 aliphatic carbocycles. The molecule has 0 fully saturated rings. The third-order valence-electron chi connectivity index (χ3n) is 3.72. The van der Waals surface area contributed by atoms with Crippen LogP contribution >= 0.6 is 12.4 Å². The average Bonchev–Trinajstić information content (AvgIpc) is 2.87. The molecule has 0 aromatic heterocycles. The van der Waals surface area contributed by atoms with Gasteiger partial charge in [0.1, 0.15) is 6.61 Å². The van der Waals surface area contributed by atoms with E-state index >= 15 is 0 Å². The molecule has 2 aromatic rings. The van der Waals surface area contributed by atoms with Gasteiger partial charge in [-0.3, -0.25) is 4.84 Å². The van der Waals surface area contributed by atoms with Gasteiger partial charge in [-0.05, 0) is 22.3 Å². The lowest BCUT2D eigenvalue weighted by atomic mass is 9.98. The van der Waals surface area contributed by atoms with Crippen LogP contribution in [-0.2, 0) is 9.57 Å². The summed E-state index contributed by atoms with van der Waals surface area (Å²) in [6.45, 7) is 0.861.